The third kappa shape index (κ3) is 2.84. The molecule has 40 heavy (non-hydrogen) atoms. The van der Waals surface area contributed by atoms with E-state index in [9.17, 15) is 0 Å². The molecular formula is C37H30N2O. The Hall–Kier alpha value is -4.76. The van der Waals surface area contributed by atoms with Gasteiger partial charge in [0.1, 0.15) is 11.5 Å². The number of fused-ring (bicyclic) bond motifs is 13. The molecule has 2 aliphatic rings. The fraction of sp³-hybridized carbons (Fsp3) is 0.135. The maximum Gasteiger partial charge on any atom is 0.140 e. The molecule has 0 amide bonds. The molecule has 1 unspecified atom stereocenters. The Labute approximate surface area is 234 Å². The molecule has 1 atom stereocenters. The van der Waals surface area contributed by atoms with Crippen LogP contribution in [-0.4, -0.2) is 0 Å². The maximum atomic E-state index is 7.02. The first-order valence-electron chi connectivity index (χ1n) is 13.9. The van der Waals surface area contributed by atoms with E-state index in [0.717, 1.165) is 55.5 Å². The van der Waals surface area contributed by atoms with Crippen LogP contribution in [0.25, 0.3) is 32.7 Å². The van der Waals surface area contributed by atoms with E-state index in [4.69, 9.17) is 16.2 Å². The van der Waals surface area contributed by atoms with Crippen molar-refractivity contribution in [3.8, 4) is 22.6 Å². The molecule has 0 bridgehead atoms. The van der Waals surface area contributed by atoms with Crippen LogP contribution in [0.1, 0.15) is 48.6 Å². The maximum absolute atomic E-state index is 7.02. The molecule has 6 aromatic carbocycles. The normalized spacial score (nSPS) is 16.9. The first kappa shape index (κ1) is 23.2. The van der Waals surface area contributed by atoms with Crippen molar-refractivity contribution in [3.63, 3.8) is 0 Å². The third-order valence-corrected chi connectivity index (χ3v) is 8.95. The van der Waals surface area contributed by atoms with E-state index in [2.05, 4.69) is 112 Å². The molecule has 194 valence electrons. The van der Waals surface area contributed by atoms with Crippen LogP contribution in [0.3, 0.4) is 0 Å². The summed E-state index contributed by atoms with van der Waals surface area (Å²) in [6.45, 7) is 6.81. The standard InChI is InChI=1S/C37H30N2O/c1-36(2,3)22-13-15-25-26-16-14-23(38)19-31(26)37(30(25)18-22)29-17-12-21-8-4-5-9-24(21)34(29)40-35-28-11-7-6-10-27(28)33(39)20-32(35)37/h4-20H,38-39H2,1-3H3. The molecular weight excluding hydrogens is 488 g/mol. The van der Waals surface area contributed by atoms with Crippen LogP contribution in [-0.2, 0) is 10.8 Å². The highest BCUT2D eigenvalue weighted by molar-refractivity contribution is 6.03. The number of hydrogen-bond acceptors (Lipinski definition) is 3. The van der Waals surface area contributed by atoms with E-state index in [1.165, 1.54) is 27.8 Å². The number of nitrogen functional groups attached to an aromatic ring is 2. The Morgan fingerprint density at radius 1 is 0.575 bits per heavy atom. The Morgan fingerprint density at radius 3 is 2.00 bits per heavy atom. The van der Waals surface area contributed by atoms with Gasteiger partial charge < -0.3 is 16.2 Å². The highest BCUT2D eigenvalue weighted by Gasteiger charge is 2.52. The first-order chi connectivity index (χ1) is 19.3. The number of ether oxygens (including phenoxy) is 1. The van der Waals surface area contributed by atoms with Crippen LogP contribution >= 0.6 is 0 Å². The van der Waals surface area contributed by atoms with Crippen molar-refractivity contribution in [1.82, 2.24) is 0 Å². The van der Waals surface area contributed by atoms with E-state index >= 15 is 0 Å². The highest BCUT2D eigenvalue weighted by Crippen LogP contribution is 2.64. The summed E-state index contributed by atoms with van der Waals surface area (Å²) >= 11 is 0. The van der Waals surface area contributed by atoms with Gasteiger partial charge in [0.25, 0.3) is 0 Å². The second-order valence-corrected chi connectivity index (χ2v) is 12.2. The van der Waals surface area contributed by atoms with Gasteiger partial charge in [0.05, 0.1) is 5.41 Å². The number of rotatable bonds is 0. The summed E-state index contributed by atoms with van der Waals surface area (Å²) in [5.74, 6) is 1.75. The molecule has 3 nitrogen and oxygen atoms in total. The lowest BCUT2D eigenvalue weighted by Crippen LogP contribution is -2.33. The molecule has 1 aliphatic carbocycles. The average Bonchev–Trinajstić information content (AvgIpc) is 3.23. The molecule has 6 aromatic rings. The van der Waals surface area contributed by atoms with Gasteiger partial charge in [-0.25, -0.2) is 0 Å². The second kappa shape index (κ2) is 7.67. The van der Waals surface area contributed by atoms with Gasteiger partial charge in [0, 0.05) is 38.7 Å². The molecule has 1 heterocycles. The number of anilines is 2. The molecule has 0 saturated heterocycles. The van der Waals surface area contributed by atoms with Gasteiger partial charge in [-0.2, -0.15) is 0 Å². The van der Waals surface area contributed by atoms with Gasteiger partial charge in [-0.3, -0.25) is 0 Å². The fourth-order valence-corrected chi connectivity index (χ4v) is 7.05. The van der Waals surface area contributed by atoms with Crippen molar-refractivity contribution in [3.05, 3.63) is 131 Å². The van der Waals surface area contributed by atoms with Crippen LogP contribution in [0, 0.1) is 0 Å². The van der Waals surface area contributed by atoms with Gasteiger partial charge in [0.15, 0.2) is 0 Å². The van der Waals surface area contributed by atoms with Crippen LogP contribution in [0.5, 0.6) is 11.5 Å². The van der Waals surface area contributed by atoms with E-state index in [1.54, 1.807) is 0 Å². The fourth-order valence-electron chi connectivity index (χ4n) is 7.05. The van der Waals surface area contributed by atoms with Crippen LogP contribution in [0.4, 0.5) is 11.4 Å². The summed E-state index contributed by atoms with van der Waals surface area (Å²) in [5, 5.41) is 4.25. The summed E-state index contributed by atoms with van der Waals surface area (Å²) in [6, 6.07) is 36.7. The first-order valence-corrected chi connectivity index (χ1v) is 13.9. The largest absolute Gasteiger partial charge is 0.455 e. The highest BCUT2D eigenvalue weighted by atomic mass is 16.5. The second-order valence-electron chi connectivity index (χ2n) is 12.2. The zero-order chi connectivity index (χ0) is 27.4. The van der Waals surface area contributed by atoms with Crippen molar-refractivity contribution < 1.29 is 4.74 Å². The van der Waals surface area contributed by atoms with Crippen LogP contribution in [0.15, 0.2) is 103 Å². The van der Waals surface area contributed by atoms with Gasteiger partial charge >= 0.3 is 0 Å². The van der Waals surface area contributed by atoms with Crippen LogP contribution < -0.4 is 16.2 Å². The summed E-state index contributed by atoms with van der Waals surface area (Å²) in [5.41, 5.74) is 22.5. The molecule has 1 spiro atoms. The van der Waals surface area contributed by atoms with Gasteiger partial charge in [-0.05, 0) is 56.8 Å². The molecule has 0 radical (unpaired) electrons. The quantitative estimate of drug-likeness (QED) is 0.197. The number of nitrogens with two attached hydrogens (primary N) is 2. The molecule has 0 fully saturated rings. The molecule has 4 N–H and O–H groups in total. The van der Waals surface area contributed by atoms with E-state index in [1.807, 2.05) is 12.1 Å². The lowest BCUT2D eigenvalue weighted by atomic mass is 9.64. The van der Waals surface area contributed by atoms with E-state index in [0.29, 0.717) is 0 Å². The minimum atomic E-state index is -0.646. The smallest absolute Gasteiger partial charge is 0.140 e. The van der Waals surface area contributed by atoms with Crippen molar-refractivity contribution in [1.29, 1.82) is 0 Å². The lowest BCUT2D eigenvalue weighted by Gasteiger charge is -2.41. The van der Waals surface area contributed by atoms with Crippen molar-refractivity contribution in [2.45, 2.75) is 31.6 Å². The predicted molar refractivity (Wildman–Crippen MR) is 166 cm³/mol. The Kier molecular flexibility index (Phi) is 4.44. The summed E-state index contributed by atoms with van der Waals surface area (Å²) in [4.78, 5) is 0. The zero-order valence-corrected chi connectivity index (χ0v) is 22.9. The lowest BCUT2D eigenvalue weighted by molar-refractivity contribution is 0.447. The minimum absolute atomic E-state index is 0.0212. The Balaban J connectivity index is 1.63. The van der Waals surface area contributed by atoms with E-state index in [-0.39, 0.29) is 5.41 Å². The Morgan fingerprint density at radius 2 is 1.23 bits per heavy atom. The van der Waals surface area contributed by atoms with Gasteiger partial charge in [-0.1, -0.05) is 106 Å². The monoisotopic (exact) mass is 518 g/mol. The summed E-state index contributed by atoms with van der Waals surface area (Å²) < 4.78 is 7.02. The third-order valence-electron chi connectivity index (χ3n) is 8.95. The summed E-state index contributed by atoms with van der Waals surface area (Å²) in [6.07, 6.45) is 0. The molecule has 0 saturated carbocycles. The molecule has 3 heteroatoms. The SMILES string of the molecule is CC(C)(C)c1ccc2c(c1)C1(c3cc(N)ccc3-2)c2ccc3ccccc3c2Oc2c1cc(N)c1ccccc21. The zero-order valence-electron chi connectivity index (χ0n) is 22.9. The molecule has 8 rings (SSSR count). The van der Waals surface area contributed by atoms with Crippen molar-refractivity contribution in [2.24, 2.45) is 0 Å². The number of hydrogen-bond donors (Lipinski definition) is 2. The van der Waals surface area contributed by atoms with Crippen LogP contribution in [0.2, 0.25) is 0 Å². The van der Waals surface area contributed by atoms with Gasteiger partial charge in [0.2, 0.25) is 0 Å². The topological polar surface area (TPSA) is 61.3 Å². The summed E-state index contributed by atoms with van der Waals surface area (Å²) in [7, 11) is 0. The van der Waals surface area contributed by atoms with Gasteiger partial charge in [-0.15, -0.1) is 0 Å². The van der Waals surface area contributed by atoms with Crippen molar-refractivity contribution in [2.75, 3.05) is 11.5 Å². The predicted octanol–water partition coefficient (Wildman–Crippen LogP) is 8.92. The minimum Gasteiger partial charge on any atom is -0.455 e. The Bertz CT molecular complexity index is 2050. The molecule has 0 aromatic heterocycles. The average molecular weight is 519 g/mol. The van der Waals surface area contributed by atoms with Crippen molar-refractivity contribution >= 4 is 32.9 Å². The van der Waals surface area contributed by atoms with E-state index < -0.39 is 5.41 Å². The number of benzene rings is 6. The molecule has 1 aliphatic heterocycles.